The first-order valence-corrected chi connectivity index (χ1v) is 5.83. The minimum absolute atomic E-state index is 0.554. The summed E-state index contributed by atoms with van der Waals surface area (Å²) in [5.41, 5.74) is 2.60. The number of hydrogen-bond acceptors (Lipinski definition) is 1. The van der Waals surface area contributed by atoms with Crippen molar-refractivity contribution in [2.24, 2.45) is 0 Å². The van der Waals surface area contributed by atoms with Crippen molar-refractivity contribution in [1.82, 2.24) is 0 Å². The minimum atomic E-state index is 0.554. The Bertz CT molecular complexity index is 443. The lowest BCUT2D eigenvalue weighted by molar-refractivity contribution is 1.16. The highest BCUT2D eigenvalue weighted by Gasteiger charge is 2.09. The van der Waals surface area contributed by atoms with Gasteiger partial charge in [-0.2, -0.15) is 5.26 Å². The van der Waals surface area contributed by atoms with Gasteiger partial charge in [0.15, 0.2) is 0 Å². The largest absolute Gasteiger partial charge is 0.193 e. The van der Waals surface area contributed by atoms with E-state index < -0.39 is 0 Å². The van der Waals surface area contributed by atoms with E-state index in [1.807, 2.05) is 32.0 Å². The molecule has 1 rings (SSSR count). The molecule has 78 valence electrons. The average molecular weight is 285 g/mol. The lowest BCUT2D eigenvalue weighted by atomic mass is 10.0. The monoisotopic (exact) mass is 283 g/mol. The molecule has 0 aliphatic heterocycles. The van der Waals surface area contributed by atoms with E-state index in [4.69, 9.17) is 16.9 Å². The lowest BCUT2D eigenvalue weighted by Crippen LogP contribution is -1.88. The zero-order chi connectivity index (χ0) is 11.4. The van der Waals surface area contributed by atoms with Crippen molar-refractivity contribution in [2.45, 2.75) is 20.3 Å². The van der Waals surface area contributed by atoms with Crippen molar-refractivity contribution >= 4 is 32.6 Å². The number of nitriles is 1. The molecule has 0 amide bonds. The summed E-state index contributed by atoms with van der Waals surface area (Å²) in [6.45, 7) is 3.90. The van der Waals surface area contributed by atoms with Crippen molar-refractivity contribution in [1.29, 1.82) is 5.26 Å². The molecule has 0 saturated heterocycles. The minimum Gasteiger partial charge on any atom is -0.193 e. The fourth-order valence-electron chi connectivity index (χ4n) is 1.29. The summed E-state index contributed by atoms with van der Waals surface area (Å²) in [6, 6.07) is 7.93. The third-order valence-electron chi connectivity index (χ3n) is 2.26. The van der Waals surface area contributed by atoms with Crippen LogP contribution in [0, 0.1) is 18.3 Å². The summed E-state index contributed by atoms with van der Waals surface area (Å²) in [4.78, 5) is 0. The van der Waals surface area contributed by atoms with E-state index in [1.54, 1.807) is 0 Å². The Morgan fingerprint density at radius 3 is 2.73 bits per heavy atom. The number of allylic oxidation sites excluding steroid dienone is 1. The molecule has 0 saturated carbocycles. The topological polar surface area (TPSA) is 23.8 Å². The predicted molar refractivity (Wildman–Crippen MR) is 67.6 cm³/mol. The van der Waals surface area contributed by atoms with Crippen LogP contribution in [0.5, 0.6) is 0 Å². The molecule has 0 atom stereocenters. The number of rotatable bonds is 2. The van der Waals surface area contributed by atoms with Crippen molar-refractivity contribution in [3.8, 4) is 6.07 Å². The number of benzene rings is 1. The Hall–Kier alpha value is -0.780. The Morgan fingerprint density at radius 2 is 2.20 bits per heavy atom. The highest BCUT2D eigenvalue weighted by molar-refractivity contribution is 9.10. The summed E-state index contributed by atoms with van der Waals surface area (Å²) in [5.74, 6) is 0. The van der Waals surface area contributed by atoms with E-state index in [0.717, 1.165) is 15.6 Å². The molecular weight excluding hydrogens is 273 g/mol. The van der Waals surface area contributed by atoms with Gasteiger partial charge in [0.2, 0.25) is 0 Å². The zero-order valence-electron chi connectivity index (χ0n) is 8.64. The molecule has 0 fully saturated rings. The van der Waals surface area contributed by atoms with Gasteiger partial charge in [0.25, 0.3) is 0 Å². The maximum atomic E-state index is 8.91. The molecule has 15 heavy (non-hydrogen) atoms. The second kappa shape index (κ2) is 5.34. The van der Waals surface area contributed by atoms with Crippen LogP contribution in [0.3, 0.4) is 0 Å². The average Bonchev–Trinajstić information content (AvgIpc) is 2.23. The van der Waals surface area contributed by atoms with Crippen LogP contribution in [0.15, 0.2) is 28.2 Å². The number of halogens is 2. The zero-order valence-corrected chi connectivity index (χ0v) is 11.0. The number of hydrogen-bond donors (Lipinski definition) is 0. The molecule has 0 radical (unpaired) electrons. The van der Waals surface area contributed by atoms with Gasteiger partial charge >= 0.3 is 0 Å². The van der Waals surface area contributed by atoms with E-state index in [9.17, 15) is 0 Å². The maximum absolute atomic E-state index is 8.91. The van der Waals surface area contributed by atoms with Crippen LogP contribution in [0.4, 0.5) is 0 Å². The molecule has 1 aromatic carbocycles. The van der Waals surface area contributed by atoms with Crippen molar-refractivity contribution in [3.05, 3.63) is 39.4 Å². The summed E-state index contributed by atoms with van der Waals surface area (Å²) >= 11 is 9.63. The van der Waals surface area contributed by atoms with Gasteiger partial charge in [-0.1, -0.05) is 46.6 Å². The SMILES string of the molecule is CCC(C#N)=C(Cl)c1cccc(Br)c1C. The van der Waals surface area contributed by atoms with Gasteiger partial charge in [-0.05, 0) is 30.5 Å². The van der Waals surface area contributed by atoms with E-state index in [0.29, 0.717) is 17.0 Å². The van der Waals surface area contributed by atoms with Crippen LogP contribution in [-0.2, 0) is 0 Å². The third-order valence-corrected chi connectivity index (χ3v) is 3.55. The maximum Gasteiger partial charge on any atom is 0.0962 e. The van der Waals surface area contributed by atoms with E-state index in [1.165, 1.54) is 0 Å². The third kappa shape index (κ3) is 2.62. The van der Waals surface area contributed by atoms with Crippen LogP contribution in [0.1, 0.15) is 24.5 Å². The first kappa shape index (κ1) is 12.3. The standard InChI is InChI=1S/C12H11BrClN/c1-3-9(7-15)12(14)10-5-4-6-11(13)8(10)2/h4-6H,3H2,1-2H3. The first-order valence-electron chi connectivity index (χ1n) is 4.66. The van der Waals surface area contributed by atoms with Gasteiger partial charge in [-0.3, -0.25) is 0 Å². The predicted octanol–water partition coefficient (Wildman–Crippen LogP) is 4.64. The van der Waals surface area contributed by atoms with Gasteiger partial charge in [0.05, 0.1) is 11.1 Å². The second-order valence-electron chi connectivity index (χ2n) is 3.17. The second-order valence-corrected chi connectivity index (χ2v) is 4.40. The smallest absolute Gasteiger partial charge is 0.0962 e. The lowest BCUT2D eigenvalue weighted by Gasteiger charge is -2.07. The number of nitrogens with zero attached hydrogens (tertiary/aromatic N) is 1. The highest BCUT2D eigenvalue weighted by Crippen LogP contribution is 2.30. The summed E-state index contributed by atoms with van der Waals surface area (Å²) in [5, 5.41) is 9.47. The summed E-state index contributed by atoms with van der Waals surface area (Å²) in [7, 11) is 0. The van der Waals surface area contributed by atoms with Crippen LogP contribution in [-0.4, -0.2) is 0 Å². The fraction of sp³-hybridized carbons (Fsp3) is 0.250. The van der Waals surface area contributed by atoms with Gasteiger partial charge in [-0.25, -0.2) is 0 Å². The summed E-state index contributed by atoms with van der Waals surface area (Å²) < 4.78 is 1.01. The Morgan fingerprint density at radius 1 is 1.53 bits per heavy atom. The molecular formula is C12H11BrClN. The van der Waals surface area contributed by atoms with Crippen LogP contribution in [0.2, 0.25) is 0 Å². The quantitative estimate of drug-likeness (QED) is 0.726. The van der Waals surface area contributed by atoms with E-state index in [2.05, 4.69) is 22.0 Å². The molecule has 0 aliphatic rings. The van der Waals surface area contributed by atoms with Crippen molar-refractivity contribution in [3.63, 3.8) is 0 Å². The molecule has 0 N–H and O–H groups in total. The fourth-order valence-corrected chi connectivity index (χ4v) is 2.04. The van der Waals surface area contributed by atoms with E-state index >= 15 is 0 Å². The highest BCUT2D eigenvalue weighted by atomic mass is 79.9. The van der Waals surface area contributed by atoms with Crippen LogP contribution in [0.25, 0.3) is 5.03 Å². The Balaban J connectivity index is 3.35. The molecule has 0 spiro atoms. The normalized spacial score (nSPS) is 11.9. The molecule has 3 heteroatoms. The Kier molecular flexibility index (Phi) is 4.38. The van der Waals surface area contributed by atoms with Gasteiger partial charge < -0.3 is 0 Å². The van der Waals surface area contributed by atoms with E-state index in [-0.39, 0.29) is 0 Å². The van der Waals surface area contributed by atoms with Crippen LogP contribution < -0.4 is 0 Å². The molecule has 0 bridgehead atoms. The van der Waals surface area contributed by atoms with Crippen LogP contribution >= 0.6 is 27.5 Å². The molecule has 1 nitrogen and oxygen atoms in total. The van der Waals surface area contributed by atoms with Gasteiger partial charge in [0.1, 0.15) is 0 Å². The van der Waals surface area contributed by atoms with Gasteiger partial charge in [0, 0.05) is 10.0 Å². The Labute approximate surface area is 103 Å². The molecule has 1 aromatic rings. The van der Waals surface area contributed by atoms with Crippen molar-refractivity contribution in [2.75, 3.05) is 0 Å². The van der Waals surface area contributed by atoms with Crippen molar-refractivity contribution < 1.29 is 0 Å². The van der Waals surface area contributed by atoms with Gasteiger partial charge in [-0.15, -0.1) is 0 Å². The molecule has 0 unspecified atom stereocenters. The molecule has 0 aromatic heterocycles. The summed E-state index contributed by atoms with van der Waals surface area (Å²) in [6.07, 6.45) is 0.654. The molecule has 0 heterocycles. The molecule has 0 aliphatic carbocycles. The first-order chi connectivity index (χ1) is 7.11.